The van der Waals surface area contributed by atoms with E-state index in [-0.39, 0.29) is 43.8 Å². The van der Waals surface area contributed by atoms with Crippen LogP contribution in [0.1, 0.15) is 18.9 Å². The first kappa shape index (κ1) is 28.0. The lowest BCUT2D eigenvalue weighted by Gasteiger charge is -2.22. The number of ether oxygens (including phenoxy) is 1. The van der Waals surface area contributed by atoms with Gasteiger partial charge in [-0.15, -0.1) is 0 Å². The molecule has 0 unspecified atom stereocenters. The highest BCUT2D eigenvalue weighted by Crippen LogP contribution is 2.38. The molecule has 0 fully saturated rings. The Morgan fingerprint density at radius 2 is 1.86 bits per heavy atom. The number of para-hydroxylation sites is 1. The maximum atomic E-state index is 13.3. The van der Waals surface area contributed by atoms with Gasteiger partial charge in [-0.05, 0) is 37.3 Å². The van der Waals surface area contributed by atoms with E-state index in [1.54, 1.807) is 0 Å². The molecule has 1 amide bonds. The van der Waals surface area contributed by atoms with Crippen LogP contribution in [0.4, 0.5) is 13.2 Å². The second-order valence-corrected chi connectivity index (χ2v) is 10.2. The number of carbonyl (C=O) groups excluding carboxylic acids is 2. The van der Waals surface area contributed by atoms with Crippen LogP contribution in [-0.4, -0.2) is 43.5 Å². The van der Waals surface area contributed by atoms with Crippen LogP contribution in [-0.2, 0) is 25.8 Å². The molecule has 3 aromatic rings. The van der Waals surface area contributed by atoms with Crippen LogP contribution in [0.5, 0.6) is 5.75 Å². The molecule has 0 atom stereocenters. The number of carboxylic acids is 1. The van der Waals surface area contributed by atoms with E-state index in [0.29, 0.717) is 6.07 Å². The van der Waals surface area contributed by atoms with Gasteiger partial charge in [-0.2, -0.15) is 13.2 Å². The van der Waals surface area contributed by atoms with Crippen molar-refractivity contribution in [1.29, 1.82) is 0 Å². The fourth-order valence-electron chi connectivity index (χ4n) is 3.31. The van der Waals surface area contributed by atoms with E-state index in [0.717, 1.165) is 18.2 Å². The number of benzene rings is 2. The minimum Gasteiger partial charge on any atom is -0.540 e. The van der Waals surface area contributed by atoms with Crippen molar-refractivity contribution in [2.24, 2.45) is 0 Å². The average molecular weight is 561 g/mol. The van der Waals surface area contributed by atoms with E-state index < -0.39 is 58.0 Å². The SMILES string of the molecule is CCS(=O)(=O)N(CCCOc1cc(C(F)(F)F)ccc1-c1cc(=O)c2cccc(Cl)c2o1)C(=O)C(=O)[O-]. The molecular weight excluding hydrogens is 543 g/mol. The summed E-state index contributed by atoms with van der Waals surface area (Å²) in [6, 6.07) is 7.97. The third-order valence-electron chi connectivity index (χ3n) is 5.15. The number of alkyl halides is 3. The third kappa shape index (κ3) is 6.23. The second kappa shape index (κ2) is 10.8. The van der Waals surface area contributed by atoms with Gasteiger partial charge >= 0.3 is 6.18 Å². The van der Waals surface area contributed by atoms with Crippen LogP contribution in [0.2, 0.25) is 5.02 Å². The summed E-state index contributed by atoms with van der Waals surface area (Å²) in [5, 5.41) is 11.1. The van der Waals surface area contributed by atoms with E-state index in [1.807, 2.05) is 0 Å². The average Bonchev–Trinajstić information content (AvgIpc) is 2.83. The number of carboxylic acid groups (broad SMARTS) is 1. The quantitative estimate of drug-likeness (QED) is 0.303. The molecule has 0 saturated heterocycles. The van der Waals surface area contributed by atoms with Crippen LogP contribution in [0.25, 0.3) is 22.3 Å². The molecule has 0 bridgehead atoms. The highest BCUT2D eigenvalue weighted by Gasteiger charge is 2.32. The Morgan fingerprint density at radius 1 is 1.16 bits per heavy atom. The molecule has 0 aliphatic heterocycles. The Morgan fingerprint density at radius 3 is 2.49 bits per heavy atom. The highest BCUT2D eigenvalue weighted by atomic mass is 35.5. The van der Waals surface area contributed by atoms with Gasteiger partial charge in [-0.25, -0.2) is 12.7 Å². The Bertz CT molecular complexity index is 1520. The summed E-state index contributed by atoms with van der Waals surface area (Å²) >= 11 is 6.10. The molecule has 0 N–H and O–H groups in total. The van der Waals surface area contributed by atoms with Crippen LogP contribution in [0.15, 0.2) is 51.7 Å². The monoisotopic (exact) mass is 560 g/mol. The molecule has 198 valence electrons. The van der Waals surface area contributed by atoms with Crippen molar-refractivity contribution in [3.05, 3.63) is 63.3 Å². The van der Waals surface area contributed by atoms with Crippen molar-refractivity contribution in [2.45, 2.75) is 19.5 Å². The molecule has 14 heteroatoms. The maximum Gasteiger partial charge on any atom is 0.416 e. The Hall–Kier alpha value is -3.58. The zero-order valence-electron chi connectivity index (χ0n) is 19.0. The number of nitrogens with zero attached hydrogens (tertiary/aromatic N) is 1. The zero-order chi connectivity index (χ0) is 27.5. The van der Waals surface area contributed by atoms with E-state index in [4.69, 9.17) is 20.8 Å². The molecule has 9 nitrogen and oxygen atoms in total. The van der Waals surface area contributed by atoms with Crippen LogP contribution in [0.3, 0.4) is 0 Å². The van der Waals surface area contributed by atoms with Crippen LogP contribution < -0.4 is 15.3 Å². The van der Waals surface area contributed by atoms with Gasteiger partial charge in [0.15, 0.2) is 11.0 Å². The lowest BCUT2D eigenvalue weighted by molar-refractivity contribution is -0.301. The normalized spacial score (nSPS) is 11.9. The van der Waals surface area contributed by atoms with Gasteiger partial charge in [0.1, 0.15) is 17.5 Å². The number of halogens is 4. The summed E-state index contributed by atoms with van der Waals surface area (Å²) in [7, 11) is -4.26. The summed E-state index contributed by atoms with van der Waals surface area (Å²) in [6.07, 6.45) is -5.02. The van der Waals surface area contributed by atoms with Crippen molar-refractivity contribution in [3.8, 4) is 17.1 Å². The summed E-state index contributed by atoms with van der Waals surface area (Å²) in [4.78, 5) is 35.2. The number of hydrogen-bond acceptors (Lipinski definition) is 8. The van der Waals surface area contributed by atoms with Gasteiger partial charge in [0.25, 0.3) is 5.91 Å². The van der Waals surface area contributed by atoms with Crippen LogP contribution in [0, 0.1) is 0 Å². The van der Waals surface area contributed by atoms with Crippen molar-refractivity contribution >= 4 is 44.5 Å². The maximum absolute atomic E-state index is 13.3. The van der Waals surface area contributed by atoms with Gasteiger partial charge in [-0.1, -0.05) is 17.7 Å². The molecule has 0 radical (unpaired) electrons. The number of fused-ring (bicyclic) bond motifs is 1. The Labute approximate surface area is 213 Å². The fourth-order valence-corrected chi connectivity index (χ4v) is 4.57. The number of rotatable bonds is 8. The first-order chi connectivity index (χ1) is 17.3. The Kier molecular flexibility index (Phi) is 8.18. The molecule has 3 rings (SSSR count). The molecule has 0 spiro atoms. The number of carbonyl (C=O) groups is 2. The predicted molar refractivity (Wildman–Crippen MR) is 124 cm³/mol. The first-order valence-corrected chi connectivity index (χ1v) is 12.6. The second-order valence-electron chi connectivity index (χ2n) is 7.57. The van der Waals surface area contributed by atoms with Gasteiger partial charge < -0.3 is 19.1 Å². The number of sulfonamides is 1. The molecule has 2 aromatic carbocycles. The molecule has 0 saturated carbocycles. The van der Waals surface area contributed by atoms with Gasteiger partial charge in [0.2, 0.25) is 10.0 Å². The third-order valence-corrected chi connectivity index (χ3v) is 7.19. The number of aliphatic carboxylic acids is 1. The van der Waals surface area contributed by atoms with E-state index in [2.05, 4.69) is 0 Å². The standard InChI is InChI=1S/C23H19ClF3NO8S/c1-2-37(33,34)28(21(30)22(31)32)9-4-10-35-18-11-13(23(25,26)27)7-8-15(18)19-12-17(29)14-5-3-6-16(24)20(14)36-19/h3,5-8,11-12H,2,4,9-10H2,1H3,(H,31,32)/p-1. The zero-order valence-corrected chi connectivity index (χ0v) is 20.6. The summed E-state index contributed by atoms with van der Waals surface area (Å²) < 4.78 is 75.4. The van der Waals surface area contributed by atoms with E-state index in [9.17, 15) is 41.1 Å². The molecule has 1 heterocycles. The molecular formula is C23H18ClF3NO8S-. The van der Waals surface area contributed by atoms with E-state index >= 15 is 0 Å². The lowest BCUT2D eigenvalue weighted by Crippen LogP contribution is -2.48. The van der Waals surface area contributed by atoms with Gasteiger partial charge in [0, 0.05) is 19.0 Å². The fraction of sp³-hybridized carbons (Fsp3) is 0.261. The minimum atomic E-state index is -4.74. The number of hydrogen-bond donors (Lipinski definition) is 0. The molecule has 37 heavy (non-hydrogen) atoms. The number of amides is 1. The van der Waals surface area contributed by atoms with Crippen molar-refractivity contribution in [3.63, 3.8) is 0 Å². The van der Waals surface area contributed by atoms with E-state index in [1.165, 1.54) is 25.1 Å². The molecule has 1 aromatic heterocycles. The Balaban J connectivity index is 1.95. The molecule has 0 aliphatic carbocycles. The van der Waals surface area contributed by atoms with Gasteiger partial charge in [0.05, 0.1) is 33.9 Å². The minimum absolute atomic E-state index is 0.0127. The topological polar surface area (TPSA) is 134 Å². The highest BCUT2D eigenvalue weighted by molar-refractivity contribution is 7.89. The van der Waals surface area contributed by atoms with Gasteiger partial charge in [-0.3, -0.25) is 9.59 Å². The summed E-state index contributed by atoms with van der Waals surface area (Å²) in [5.74, 6) is -5.09. The largest absolute Gasteiger partial charge is 0.540 e. The van der Waals surface area contributed by atoms with Crippen molar-refractivity contribution in [2.75, 3.05) is 18.9 Å². The van der Waals surface area contributed by atoms with Crippen LogP contribution >= 0.6 is 11.6 Å². The summed E-state index contributed by atoms with van der Waals surface area (Å²) in [6.45, 7) is 0.140. The predicted octanol–water partition coefficient (Wildman–Crippen LogP) is 2.83. The van der Waals surface area contributed by atoms with Crippen molar-refractivity contribution in [1.82, 2.24) is 4.31 Å². The first-order valence-electron chi connectivity index (χ1n) is 10.6. The van der Waals surface area contributed by atoms with Crippen molar-refractivity contribution < 1.29 is 45.4 Å². The lowest BCUT2D eigenvalue weighted by atomic mass is 10.1. The smallest absolute Gasteiger partial charge is 0.416 e. The molecule has 0 aliphatic rings. The summed E-state index contributed by atoms with van der Waals surface area (Å²) in [5.41, 5.74) is -1.60.